The Morgan fingerprint density at radius 2 is 2.07 bits per heavy atom. The van der Waals surface area contributed by atoms with Crippen LogP contribution in [0.3, 0.4) is 0 Å². The molecular formula is C20H23N5O2. The Bertz CT molecular complexity index is 924. The van der Waals surface area contributed by atoms with Crippen molar-refractivity contribution in [3.8, 4) is 11.3 Å². The van der Waals surface area contributed by atoms with Crippen LogP contribution in [-0.2, 0) is 13.6 Å². The molecule has 0 spiro atoms. The first-order valence-electron chi connectivity index (χ1n) is 9.34. The lowest BCUT2D eigenvalue weighted by atomic mass is 9.85. The number of amides is 1. The highest BCUT2D eigenvalue weighted by Gasteiger charge is 2.26. The first kappa shape index (κ1) is 17.5. The van der Waals surface area contributed by atoms with E-state index in [9.17, 15) is 4.79 Å². The molecular weight excluding hydrogens is 342 g/mol. The molecule has 0 saturated heterocycles. The summed E-state index contributed by atoms with van der Waals surface area (Å²) in [7, 11) is 1.95. The zero-order chi connectivity index (χ0) is 18.8. The van der Waals surface area contributed by atoms with Crippen molar-refractivity contribution < 1.29 is 9.32 Å². The van der Waals surface area contributed by atoms with E-state index in [1.165, 1.54) is 6.42 Å². The molecule has 1 aliphatic rings. The molecule has 0 unspecified atom stereocenters. The standard InChI is InChI=1S/C20H23N5O2/c1-3-25(12-18-22-19(27-23-18)15-5-4-6-15)20(26)16-9-7-14(8-10-16)17-11-21-13-24(17)2/h7-11,13,15H,3-6,12H2,1-2H3. The van der Waals surface area contributed by atoms with Crippen LogP contribution in [0.15, 0.2) is 41.3 Å². The number of hydrogen-bond donors (Lipinski definition) is 0. The SMILES string of the molecule is CCN(Cc1noc(C2CCC2)n1)C(=O)c1ccc(-c2cncn2C)cc1. The Morgan fingerprint density at radius 1 is 1.30 bits per heavy atom. The van der Waals surface area contributed by atoms with Gasteiger partial charge < -0.3 is 14.0 Å². The van der Waals surface area contributed by atoms with Gasteiger partial charge >= 0.3 is 0 Å². The van der Waals surface area contributed by atoms with Crippen LogP contribution in [0.2, 0.25) is 0 Å². The molecule has 1 amide bonds. The van der Waals surface area contributed by atoms with Crippen LogP contribution in [0, 0.1) is 0 Å². The van der Waals surface area contributed by atoms with Gasteiger partial charge in [-0.05, 0) is 37.5 Å². The van der Waals surface area contributed by atoms with Gasteiger partial charge in [0.25, 0.3) is 5.91 Å². The summed E-state index contributed by atoms with van der Waals surface area (Å²) in [6, 6.07) is 7.59. The molecule has 0 N–H and O–H groups in total. The third-order valence-corrected chi connectivity index (χ3v) is 5.18. The summed E-state index contributed by atoms with van der Waals surface area (Å²) in [5, 5.41) is 4.05. The van der Waals surface area contributed by atoms with Gasteiger partial charge in [-0.25, -0.2) is 4.98 Å². The van der Waals surface area contributed by atoms with E-state index in [1.54, 1.807) is 11.2 Å². The van der Waals surface area contributed by atoms with Crippen molar-refractivity contribution >= 4 is 5.91 Å². The van der Waals surface area contributed by atoms with E-state index in [2.05, 4.69) is 15.1 Å². The minimum atomic E-state index is -0.0379. The first-order chi connectivity index (χ1) is 13.2. The highest BCUT2D eigenvalue weighted by molar-refractivity contribution is 5.94. The third-order valence-electron chi connectivity index (χ3n) is 5.18. The Morgan fingerprint density at radius 3 is 2.67 bits per heavy atom. The fourth-order valence-electron chi connectivity index (χ4n) is 3.25. The highest BCUT2D eigenvalue weighted by Crippen LogP contribution is 2.35. The van der Waals surface area contributed by atoms with Crippen LogP contribution >= 0.6 is 0 Å². The lowest BCUT2D eigenvalue weighted by Crippen LogP contribution is -2.30. The van der Waals surface area contributed by atoms with Crippen LogP contribution in [0.1, 0.15) is 54.2 Å². The van der Waals surface area contributed by atoms with Crippen molar-refractivity contribution in [2.24, 2.45) is 7.05 Å². The van der Waals surface area contributed by atoms with E-state index < -0.39 is 0 Å². The minimum Gasteiger partial charge on any atom is -0.339 e. The number of rotatable bonds is 6. The summed E-state index contributed by atoms with van der Waals surface area (Å²) in [6.07, 6.45) is 7.01. The van der Waals surface area contributed by atoms with Gasteiger partial charge in [0.2, 0.25) is 5.89 Å². The Balaban J connectivity index is 1.46. The summed E-state index contributed by atoms with van der Waals surface area (Å²) in [4.78, 5) is 23.2. The van der Waals surface area contributed by atoms with Crippen molar-refractivity contribution in [3.05, 3.63) is 54.1 Å². The quantitative estimate of drug-likeness (QED) is 0.669. The Hall–Kier alpha value is -2.96. The summed E-state index contributed by atoms with van der Waals surface area (Å²) in [6.45, 7) is 2.89. The summed E-state index contributed by atoms with van der Waals surface area (Å²) in [5.74, 6) is 1.64. The van der Waals surface area contributed by atoms with Crippen molar-refractivity contribution in [2.75, 3.05) is 6.54 Å². The number of aryl methyl sites for hydroxylation is 1. The molecule has 2 aromatic heterocycles. The van der Waals surface area contributed by atoms with Crippen LogP contribution < -0.4 is 0 Å². The van der Waals surface area contributed by atoms with Gasteiger partial charge in [0.15, 0.2) is 5.82 Å². The topological polar surface area (TPSA) is 77.1 Å². The molecule has 1 aliphatic carbocycles. The molecule has 4 rings (SSSR count). The van der Waals surface area contributed by atoms with E-state index in [0.29, 0.717) is 36.3 Å². The second-order valence-electron chi connectivity index (χ2n) is 6.96. The third kappa shape index (κ3) is 3.49. The lowest BCUT2D eigenvalue weighted by molar-refractivity contribution is 0.0747. The molecule has 3 aromatic rings. The van der Waals surface area contributed by atoms with Gasteiger partial charge in [-0.15, -0.1) is 0 Å². The molecule has 7 heteroatoms. The van der Waals surface area contributed by atoms with Gasteiger partial charge in [0, 0.05) is 25.1 Å². The molecule has 0 bridgehead atoms. The number of benzene rings is 1. The van der Waals surface area contributed by atoms with Crippen molar-refractivity contribution in [1.82, 2.24) is 24.6 Å². The number of carbonyl (C=O) groups excluding carboxylic acids is 1. The van der Waals surface area contributed by atoms with Gasteiger partial charge in [-0.3, -0.25) is 4.79 Å². The van der Waals surface area contributed by atoms with Crippen LogP contribution in [-0.4, -0.2) is 37.0 Å². The molecule has 1 aromatic carbocycles. The van der Waals surface area contributed by atoms with Crippen molar-refractivity contribution in [3.63, 3.8) is 0 Å². The van der Waals surface area contributed by atoms with Crippen LogP contribution in [0.5, 0.6) is 0 Å². The summed E-state index contributed by atoms with van der Waals surface area (Å²) < 4.78 is 7.31. The van der Waals surface area contributed by atoms with Gasteiger partial charge in [-0.1, -0.05) is 23.7 Å². The molecule has 2 heterocycles. The fourth-order valence-corrected chi connectivity index (χ4v) is 3.25. The minimum absolute atomic E-state index is 0.0379. The zero-order valence-electron chi connectivity index (χ0n) is 15.6. The monoisotopic (exact) mass is 365 g/mol. The summed E-state index contributed by atoms with van der Waals surface area (Å²) in [5.41, 5.74) is 2.68. The zero-order valence-corrected chi connectivity index (χ0v) is 15.6. The van der Waals surface area contributed by atoms with E-state index in [1.807, 2.05) is 49.0 Å². The lowest BCUT2D eigenvalue weighted by Gasteiger charge is -2.21. The molecule has 0 atom stereocenters. The van der Waals surface area contributed by atoms with E-state index in [4.69, 9.17) is 4.52 Å². The normalized spacial score (nSPS) is 14.1. The second-order valence-corrected chi connectivity index (χ2v) is 6.96. The average molecular weight is 365 g/mol. The maximum atomic E-state index is 12.9. The average Bonchev–Trinajstić information content (AvgIpc) is 3.27. The summed E-state index contributed by atoms with van der Waals surface area (Å²) >= 11 is 0. The molecule has 1 fully saturated rings. The van der Waals surface area contributed by atoms with E-state index in [0.717, 1.165) is 24.1 Å². The predicted molar refractivity (Wildman–Crippen MR) is 99.9 cm³/mol. The van der Waals surface area contributed by atoms with Gasteiger partial charge in [0.05, 0.1) is 24.8 Å². The smallest absolute Gasteiger partial charge is 0.254 e. The van der Waals surface area contributed by atoms with Gasteiger partial charge in [-0.2, -0.15) is 4.98 Å². The Kier molecular flexibility index (Phi) is 4.75. The first-order valence-corrected chi connectivity index (χ1v) is 9.34. The molecule has 0 radical (unpaired) electrons. The molecule has 140 valence electrons. The van der Waals surface area contributed by atoms with E-state index >= 15 is 0 Å². The predicted octanol–water partition coefficient (Wildman–Crippen LogP) is 3.40. The molecule has 7 nitrogen and oxygen atoms in total. The largest absolute Gasteiger partial charge is 0.339 e. The molecule has 1 saturated carbocycles. The number of hydrogen-bond acceptors (Lipinski definition) is 5. The second kappa shape index (κ2) is 7.34. The molecule has 0 aliphatic heterocycles. The Labute approximate surface area is 158 Å². The van der Waals surface area contributed by atoms with Gasteiger partial charge in [0.1, 0.15) is 0 Å². The number of carbonyl (C=O) groups is 1. The van der Waals surface area contributed by atoms with E-state index in [-0.39, 0.29) is 5.91 Å². The maximum Gasteiger partial charge on any atom is 0.254 e. The van der Waals surface area contributed by atoms with Crippen molar-refractivity contribution in [2.45, 2.75) is 38.6 Å². The highest BCUT2D eigenvalue weighted by atomic mass is 16.5. The van der Waals surface area contributed by atoms with Crippen LogP contribution in [0.4, 0.5) is 0 Å². The number of imidazole rings is 1. The number of aromatic nitrogens is 4. The fraction of sp³-hybridized carbons (Fsp3) is 0.400. The number of nitrogens with zero attached hydrogens (tertiary/aromatic N) is 5. The molecule has 27 heavy (non-hydrogen) atoms. The van der Waals surface area contributed by atoms with Crippen LogP contribution in [0.25, 0.3) is 11.3 Å². The maximum absolute atomic E-state index is 12.9. The van der Waals surface area contributed by atoms with Crippen molar-refractivity contribution in [1.29, 1.82) is 0 Å².